The number of hydrogen-bond acceptors (Lipinski definition) is 2. The minimum absolute atomic E-state index is 0.698. The molecular formula is C20H34O2. The molecule has 0 fully saturated rings. The van der Waals surface area contributed by atoms with Gasteiger partial charge in [0.15, 0.2) is 0 Å². The zero-order chi connectivity index (χ0) is 16.0. The molecule has 0 aliphatic carbocycles. The molecule has 1 aromatic rings. The lowest BCUT2D eigenvalue weighted by Crippen LogP contribution is -1.91. The summed E-state index contributed by atoms with van der Waals surface area (Å²) < 4.78 is 6.11. The van der Waals surface area contributed by atoms with Gasteiger partial charge in [0.25, 0.3) is 0 Å². The highest BCUT2D eigenvalue weighted by molar-refractivity contribution is 5.48. The van der Waals surface area contributed by atoms with Crippen LogP contribution in [0.4, 0.5) is 0 Å². The molecule has 126 valence electrons. The Morgan fingerprint density at radius 3 is 2.32 bits per heavy atom. The van der Waals surface area contributed by atoms with Crippen molar-refractivity contribution in [2.75, 3.05) is 0 Å². The minimum atomic E-state index is 0.698. The average molecular weight is 306 g/mol. The predicted octanol–water partition coefficient (Wildman–Crippen LogP) is 6.05. The van der Waals surface area contributed by atoms with Crippen molar-refractivity contribution < 1.29 is 9.21 Å². The van der Waals surface area contributed by atoms with Gasteiger partial charge in [0.2, 0.25) is 0 Å². The van der Waals surface area contributed by atoms with Gasteiger partial charge in [0.1, 0.15) is 17.8 Å². The molecule has 1 aromatic heterocycles. The van der Waals surface area contributed by atoms with E-state index in [0.29, 0.717) is 6.42 Å². The minimum Gasteiger partial charge on any atom is -0.466 e. The Labute approximate surface area is 136 Å². The molecule has 0 radical (unpaired) electrons. The summed E-state index contributed by atoms with van der Waals surface area (Å²) in [5, 5.41) is 0. The molecule has 0 unspecified atom stereocenters. The molecule has 0 aliphatic rings. The van der Waals surface area contributed by atoms with Crippen molar-refractivity contribution in [3.63, 3.8) is 0 Å². The second-order valence-corrected chi connectivity index (χ2v) is 6.34. The molecule has 0 atom stereocenters. The first-order valence-electron chi connectivity index (χ1n) is 9.35. The van der Waals surface area contributed by atoms with Gasteiger partial charge in [-0.3, -0.25) is 0 Å². The summed E-state index contributed by atoms with van der Waals surface area (Å²) >= 11 is 0. The van der Waals surface area contributed by atoms with Crippen LogP contribution in [0.25, 0.3) is 0 Å². The molecule has 1 rings (SSSR count). The Kier molecular flexibility index (Phi) is 10.8. The summed E-state index contributed by atoms with van der Waals surface area (Å²) in [6.45, 7) is 4.48. The molecule has 0 amide bonds. The number of aldehydes is 1. The van der Waals surface area contributed by atoms with Crippen LogP contribution in [0, 0.1) is 0 Å². The second-order valence-electron chi connectivity index (χ2n) is 6.34. The van der Waals surface area contributed by atoms with E-state index in [-0.39, 0.29) is 0 Å². The molecule has 2 nitrogen and oxygen atoms in total. The molecule has 0 aliphatic heterocycles. The summed E-state index contributed by atoms with van der Waals surface area (Å²) in [4.78, 5) is 10.3. The fourth-order valence-corrected chi connectivity index (χ4v) is 2.86. The highest BCUT2D eigenvalue weighted by atomic mass is 16.3. The fraction of sp³-hybridized carbons (Fsp3) is 0.750. The molecule has 0 bridgehead atoms. The summed E-state index contributed by atoms with van der Waals surface area (Å²) in [6.07, 6.45) is 15.9. The van der Waals surface area contributed by atoms with E-state index >= 15 is 0 Å². The molecule has 0 N–H and O–H groups in total. The summed E-state index contributed by atoms with van der Waals surface area (Å²) in [6, 6.07) is 2.31. The van der Waals surface area contributed by atoms with Gasteiger partial charge in [-0.05, 0) is 43.7 Å². The first-order valence-corrected chi connectivity index (χ1v) is 9.35. The van der Waals surface area contributed by atoms with E-state index in [2.05, 4.69) is 19.9 Å². The Morgan fingerprint density at radius 2 is 1.59 bits per heavy atom. The number of rotatable bonds is 14. The molecule has 0 saturated carbocycles. The number of carbonyl (C=O) groups is 1. The Balaban J connectivity index is 2.49. The van der Waals surface area contributed by atoms with Crippen molar-refractivity contribution in [1.29, 1.82) is 0 Å². The lowest BCUT2D eigenvalue weighted by atomic mass is 10.0. The predicted molar refractivity (Wildman–Crippen MR) is 93.4 cm³/mol. The van der Waals surface area contributed by atoms with Crippen molar-refractivity contribution in [2.24, 2.45) is 0 Å². The van der Waals surface area contributed by atoms with E-state index in [1.54, 1.807) is 0 Å². The molecule has 1 heterocycles. The van der Waals surface area contributed by atoms with Crippen molar-refractivity contribution in [1.82, 2.24) is 0 Å². The summed E-state index contributed by atoms with van der Waals surface area (Å²) in [5.74, 6) is 2.39. The highest BCUT2D eigenvalue weighted by Crippen LogP contribution is 2.22. The van der Waals surface area contributed by atoms with E-state index in [1.165, 1.54) is 62.0 Å². The van der Waals surface area contributed by atoms with Crippen LogP contribution >= 0.6 is 0 Å². The van der Waals surface area contributed by atoms with Gasteiger partial charge in [0.05, 0.1) is 0 Å². The largest absolute Gasteiger partial charge is 0.466 e. The molecule has 0 saturated heterocycles. The lowest BCUT2D eigenvalue weighted by Gasteiger charge is -2.03. The second kappa shape index (κ2) is 12.5. The van der Waals surface area contributed by atoms with Crippen LogP contribution in [0.2, 0.25) is 0 Å². The first kappa shape index (κ1) is 19.0. The van der Waals surface area contributed by atoms with Gasteiger partial charge >= 0.3 is 0 Å². The van der Waals surface area contributed by atoms with Crippen molar-refractivity contribution in [3.8, 4) is 0 Å². The van der Waals surface area contributed by atoms with E-state index < -0.39 is 0 Å². The van der Waals surface area contributed by atoms with Gasteiger partial charge in [0, 0.05) is 19.3 Å². The molecule has 0 aromatic carbocycles. The molecule has 22 heavy (non-hydrogen) atoms. The third kappa shape index (κ3) is 7.82. The van der Waals surface area contributed by atoms with E-state index in [0.717, 1.165) is 38.4 Å². The highest BCUT2D eigenvalue weighted by Gasteiger charge is 2.10. The van der Waals surface area contributed by atoms with Crippen LogP contribution in [0.1, 0.15) is 95.1 Å². The van der Waals surface area contributed by atoms with Gasteiger partial charge in [-0.25, -0.2) is 0 Å². The maximum atomic E-state index is 10.3. The van der Waals surface area contributed by atoms with Crippen molar-refractivity contribution >= 4 is 6.29 Å². The SMILES string of the molecule is CCCCCCc1cc(CCCC)oc1CCCCCC=O. The van der Waals surface area contributed by atoms with Crippen molar-refractivity contribution in [3.05, 3.63) is 23.2 Å². The number of aryl methyl sites for hydroxylation is 3. The smallest absolute Gasteiger partial charge is 0.119 e. The topological polar surface area (TPSA) is 30.2 Å². The van der Waals surface area contributed by atoms with Gasteiger partial charge in [-0.15, -0.1) is 0 Å². The fourth-order valence-electron chi connectivity index (χ4n) is 2.86. The number of furan rings is 1. The summed E-state index contributed by atoms with van der Waals surface area (Å²) in [7, 11) is 0. The first-order chi connectivity index (χ1) is 10.8. The zero-order valence-electron chi connectivity index (χ0n) is 14.7. The Hall–Kier alpha value is -1.05. The van der Waals surface area contributed by atoms with Crippen molar-refractivity contribution in [2.45, 2.75) is 97.3 Å². The van der Waals surface area contributed by atoms with E-state index in [9.17, 15) is 4.79 Å². The quantitative estimate of drug-likeness (QED) is 0.309. The van der Waals surface area contributed by atoms with Crippen LogP contribution in [-0.4, -0.2) is 6.29 Å². The van der Waals surface area contributed by atoms with Gasteiger partial charge in [-0.2, -0.15) is 0 Å². The normalized spacial score (nSPS) is 11.0. The Bertz CT molecular complexity index is 392. The van der Waals surface area contributed by atoms with Crippen LogP contribution in [0.3, 0.4) is 0 Å². The van der Waals surface area contributed by atoms with Gasteiger partial charge < -0.3 is 9.21 Å². The zero-order valence-corrected chi connectivity index (χ0v) is 14.7. The third-order valence-electron chi connectivity index (χ3n) is 4.25. The van der Waals surface area contributed by atoms with Crippen LogP contribution in [0.5, 0.6) is 0 Å². The number of unbranched alkanes of at least 4 members (excludes halogenated alkanes) is 7. The van der Waals surface area contributed by atoms with E-state index in [4.69, 9.17) is 4.42 Å². The maximum Gasteiger partial charge on any atom is 0.119 e. The number of hydrogen-bond donors (Lipinski definition) is 0. The monoisotopic (exact) mass is 306 g/mol. The van der Waals surface area contributed by atoms with E-state index in [1.807, 2.05) is 0 Å². The average Bonchev–Trinajstić information content (AvgIpc) is 2.91. The molecule has 0 spiro atoms. The number of carbonyl (C=O) groups excluding carboxylic acids is 1. The van der Waals surface area contributed by atoms with Crippen LogP contribution < -0.4 is 0 Å². The summed E-state index contributed by atoms with van der Waals surface area (Å²) in [5.41, 5.74) is 1.44. The third-order valence-corrected chi connectivity index (χ3v) is 4.25. The standard InChI is InChI=1S/C20H34O2/c1-3-5-7-10-13-18-17-19(14-6-4-2)22-20(18)15-11-8-9-12-16-21/h16-17H,3-15H2,1-2H3. The maximum absolute atomic E-state index is 10.3. The Morgan fingerprint density at radius 1 is 0.864 bits per heavy atom. The van der Waals surface area contributed by atoms with Gasteiger partial charge in [-0.1, -0.05) is 46.0 Å². The van der Waals surface area contributed by atoms with Crippen LogP contribution in [-0.2, 0) is 24.1 Å². The molecular weight excluding hydrogens is 272 g/mol. The van der Waals surface area contributed by atoms with Crippen LogP contribution in [0.15, 0.2) is 10.5 Å². The molecule has 2 heteroatoms. The lowest BCUT2D eigenvalue weighted by molar-refractivity contribution is -0.107.